The molecule has 0 fully saturated rings. The monoisotopic (exact) mass is 371 g/mol. The van der Waals surface area contributed by atoms with Crippen LogP contribution >= 0.6 is 23.2 Å². The summed E-state index contributed by atoms with van der Waals surface area (Å²) in [6.07, 6.45) is 1.61. The third-order valence-electron chi connectivity index (χ3n) is 3.63. The average molecular weight is 372 g/mol. The predicted molar refractivity (Wildman–Crippen MR) is 103 cm³/mol. The number of benzene rings is 2. The number of amides is 1. The number of aromatic nitrogens is 1. The number of nitrogens with zero attached hydrogens (tertiary/aromatic N) is 2. The number of nitrogens with one attached hydrogen (secondary N) is 1. The highest BCUT2D eigenvalue weighted by molar-refractivity contribution is 6.35. The molecule has 1 heterocycles. The molecule has 0 spiro atoms. The molecular weight excluding hydrogens is 357 g/mol. The molecule has 0 saturated heterocycles. The number of carbonyl (C=O) groups excluding carboxylic acids is 1. The summed E-state index contributed by atoms with van der Waals surface area (Å²) in [6.45, 7) is 0. The fraction of sp³-hybridized carbons (Fsp3) is 0.0526. The first-order valence-corrected chi connectivity index (χ1v) is 8.31. The van der Waals surface area contributed by atoms with Crippen molar-refractivity contribution in [3.8, 4) is 0 Å². The highest BCUT2D eigenvalue weighted by Crippen LogP contribution is 2.25. The van der Waals surface area contributed by atoms with Crippen molar-refractivity contribution in [2.45, 2.75) is 0 Å². The maximum absolute atomic E-state index is 12.5. The minimum atomic E-state index is -0.332. The van der Waals surface area contributed by atoms with Crippen molar-refractivity contribution in [2.75, 3.05) is 17.3 Å². The predicted octanol–water partition coefficient (Wildman–Crippen LogP) is 5.41. The van der Waals surface area contributed by atoms with Gasteiger partial charge >= 0.3 is 0 Å². The molecule has 0 saturated carbocycles. The Kier molecular flexibility index (Phi) is 5.22. The zero-order chi connectivity index (χ0) is 17.8. The Morgan fingerprint density at radius 1 is 0.960 bits per heavy atom. The van der Waals surface area contributed by atoms with Gasteiger partial charge in [-0.05, 0) is 42.5 Å². The van der Waals surface area contributed by atoms with Crippen LogP contribution in [0.25, 0.3) is 0 Å². The number of halogens is 2. The van der Waals surface area contributed by atoms with Gasteiger partial charge < -0.3 is 10.2 Å². The molecule has 1 N–H and O–H groups in total. The van der Waals surface area contributed by atoms with Crippen molar-refractivity contribution >= 4 is 46.2 Å². The number of anilines is 3. The third kappa shape index (κ3) is 4.29. The molecule has 25 heavy (non-hydrogen) atoms. The molecular formula is C19H15Cl2N3O. The normalized spacial score (nSPS) is 10.4. The van der Waals surface area contributed by atoms with E-state index in [1.165, 1.54) is 0 Å². The van der Waals surface area contributed by atoms with Gasteiger partial charge in [-0.25, -0.2) is 0 Å². The summed E-state index contributed by atoms with van der Waals surface area (Å²) < 4.78 is 0. The maximum Gasteiger partial charge on any atom is 0.274 e. The standard InChI is InChI=1S/C19H15Cl2N3O/c1-24(16-5-3-2-4-6-16)17-7-8-22-18(12-17)19(25)23-15-10-13(20)9-14(21)11-15/h2-12H,1H3,(H,23,25). The van der Waals surface area contributed by atoms with E-state index in [4.69, 9.17) is 23.2 Å². The number of carbonyl (C=O) groups is 1. The second kappa shape index (κ2) is 7.55. The van der Waals surface area contributed by atoms with Gasteiger partial charge in [0.2, 0.25) is 0 Å². The molecule has 3 rings (SSSR count). The van der Waals surface area contributed by atoms with Crippen molar-refractivity contribution in [3.05, 3.63) is 82.6 Å². The van der Waals surface area contributed by atoms with E-state index < -0.39 is 0 Å². The molecule has 126 valence electrons. The molecule has 0 aliphatic carbocycles. The van der Waals surface area contributed by atoms with E-state index in [1.807, 2.05) is 48.3 Å². The molecule has 1 amide bonds. The topological polar surface area (TPSA) is 45.2 Å². The first-order chi connectivity index (χ1) is 12.0. The van der Waals surface area contributed by atoms with Crippen molar-refractivity contribution in [2.24, 2.45) is 0 Å². The minimum Gasteiger partial charge on any atom is -0.345 e. The fourth-order valence-corrected chi connectivity index (χ4v) is 2.90. The molecule has 0 aliphatic rings. The van der Waals surface area contributed by atoms with Gasteiger partial charge in [-0.1, -0.05) is 41.4 Å². The summed E-state index contributed by atoms with van der Waals surface area (Å²) in [6, 6.07) is 18.3. The largest absolute Gasteiger partial charge is 0.345 e. The Hall–Kier alpha value is -2.56. The zero-order valence-corrected chi connectivity index (χ0v) is 14.9. The van der Waals surface area contributed by atoms with Crippen molar-refractivity contribution in [3.63, 3.8) is 0 Å². The van der Waals surface area contributed by atoms with Crippen LogP contribution in [0, 0.1) is 0 Å². The van der Waals surface area contributed by atoms with Crippen molar-refractivity contribution in [1.82, 2.24) is 4.98 Å². The Morgan fingerprint density at radius 3 is 2.32 bits per heavy atom. The number of rotatable bonds is 4. The Bertz CT molecular complexity index is 880. The summed E-state index contributed by atoms with van der Waals surface area (Å²) in [4.78, 5) is 18.6. The molecule has 0 unspecified atom stereocenters. The molecule has 0 radical (unpaired) electrons. The van der Waals surface area contributed by atoms with E-state index in [-0.39, 0.29) is 5.91 Å². The van der Waals surface area contributed by atoms with Gasteiger partial charge in [0.25, 0.3) is 5.91 Å². The molecule has 0 atom stereocenters. The lowest BCUT2D eigenvalue weighted by Gasteiger charge is -2.19. The van der Waals surface area contributed by atoms with E-state index in [0.717, 1.165) is 11.4 Å². The molecule has 0 aliphatic heterocycles. The first kappa shape index (κ1) is 17.3. The maximum atomic E-state index is 12.5. The average Bonchev–Trinajstić information content (AvgIpc) is 2.61. The molecule has 4 nitrogen and oxygen atoms in total. The van der Waals surface area contributed by atoms with Gasteiger partial charge in [-0.15, -0.1) is 0 Å². The SMILES string of the molecule is CN(c1ccccc1)c1ccnc(C(=O)Nc2cc(Cl)cc(Cl)c2)c1. The Labute approximate surface area is 156 Å². The lowest BCUT2D eigenvalue weighted by molar-refractivity contribution is 0.102. The molecule has 3 aromatic rings. The lowest BCUT2D eigenvalue weighted by Crippen LogP contribution is -2.15. The number of para-hydroxylation sites is 1. The molecule has 1 aromatic heterocycles. The van der Waals surface area contributed by atoms with E-state index in [0.29, 0.717) is 21.4 Å². The van der Waals surface area contributed by atoms with Crippen LogP contribution in [-0.2, 0) is 0 Å². The third-order valence-corrected chi connectivity index (χ3v) is 4.06. The van der Waals surface area contributed by atoms with Gasteiger partial charge in [0.1, 0.15) is 5.69 Å². The highest BCUT2D eigenvalue weighted by atomic mass is 35.5. The summed E-state index contributed by atoms with van der Waals surface area (Å²) in [7, 11) is 1.93. The van der Waals surface area contributed by atoms with Crippen LogP contribution in [0.15, 0.2) is 66.9 Å². The summed E-state index contributed by atoms with van der Waals surface area (Å²) in [5.74, 6) is -0.332. The quantitative estimate of drug-likeness (QED) is 0.666. The van der Waals surface area contributed by atoms with Crippen LogP contribution in [-0.4, -0.2) is 17.9 Å². The molecule has 6 heteroatoms. The highest BCUT2D eigenvalue weighted by Gasteiger charge is 2.12. The van der Waals surface area contributed by atoms with Crippen LogP contribution < -0.4 is 10.2 Å². The van der Waals surface area contributed by atoms with E-state index >= 15 is 0 Å². The van der Waals surface area contributed by atoms with Gasteiger partial charge in [0.15, 0.2) is 0 Å². The Morgan fingerprint density at radius 2 is 1.64 bits per heavy atom. The summed E-state index contributed by atoms with van der Waals surface area (Å²) in [5, 5.41) is 3.66. The van der Waals surface area contributed by atoms with E-state index in [9.17, 15) is 4.79 Å². The van der Waals surface area contributed by atoms with Gasteiger partial charge in [0.05, 0.1) is 0 Å². The fourth-order valence-electron chi connectivity index (χ4n) is 2.37. The lowest BCUT2D eigenvalue weighted by atomic mass is 10.2. The summed E-state index contributed by atoms with van der Waals surface area (Å²) in [5.41, 5.74) is 2.69. The smallest absolute Gasteiger partial charge is 0.274 e. The van der Waals surface area contributed by atoms with Crippen LogP contribution in [0.4, 0.5) is 17.1 Å². The second-order valence-corrected chi connectivity index (χ2v) is 6.28. The van der Waals surface area contributed by atoms with Gasteiger partial charge in [-0.2, -0.15) is 0 Å². The minimum absolute atomic E-state index is 0.302. The van der Waals surface area contributed by atoms with Gasteiger partial charge in [0, 0.05) is 40.4 Å². The van der Waals surface area contributed by atoms with Crippen molar-refractivity contribution < 1.29 is 4.79 Å². The van der Waals surface area contributed by atoms with E-state index in [1.54, 1.807) is 30.5 Å². The molecule has 0 bridgehead atoms. The Balaban J connectivity index is 1.82. The zero-order valence-electron chi connectivity index (χ0n) is 13.4. The van der Waals surface area contributed by atoms with Crippen LogP contribution in [0.2, 0.25) is 10.0 Å². The van der Waals surface area contributed by atoms with Gasteiger partial charge in [-0.3, -0.25) is 9.78 Å². The van der Waals surface area contributed by atoms with Crippen LogP contribution in [0.1, 0.15) is 10.5 Å². The van der Waals surface area contributed by atoms with Crippen LogP contribution in [0.5, 0.6) is 0 Å². The first-order valence-electron chi connectivity index (χ1n) is 7.55. The second-order valence-electron chi connectivity index (χ2n) is 5.41. The van der Waals surface area contributed by atoms with E-state index in [2.05, 4.69) is 10.3 Å². The summed E-state index contributed by atoms with van der Waals surface area (Å²) >= 11 is 11.9. The number of hydrogen-bond acceptors (Lipinski definition) is 3. The number of hydrogen-bond donors (Lipinski definition) is 1. The molecule has 2 aromatic carbocycles. The van der Waals surface area contributed by atoms with Crippen molar-refractivity contribution in [1.29, 1.82) is 0 Å². The van der Waals surface area contributed by atoms with Crippen LogP contribution in [0.3, 0.4) is 0 Å². The number of pyridine rings is 1.